The van der Waals surface area contributed by atoms with Crippen LogP contribution in [0.3, 0.4) is 0 Å². The summed E-state index contributed by atoms with van der Waals surface area (Å²) in [5, 5.41) is 15.4. The summed E-state index contributed by atoms with van der Waals surface area (Å²) in [5.41, 5.74) is 0.802. The second-order valence-corrected chi connectivity index (χ2v) is 6.88. The van der Waals surface area contributed by atoms with Crippen molar-refractivity contribution in [1.82, 2.24) is 10.6 Å². The van der Waals surface area contributed by atoms with Crippen LogP contribution in [0.4, 0.5) is 0 Å². The molecular formula is C16H23ClN2O3. The van der Waals surface area contributed by atoms with Gasteiger partial charge in [0, 0.05) is 24.5 Å². The molecule has 0 radical (unpaired) electrons. The fraction of sp³-hybridized carbons (Fsp3) is 0.500. The molecule has 0 aliphatic rings. The first-order valence-electron chi connectivity index (χ1n) is 7.15. The van der Waals surface area contributed by atoms with Crippen molar-refractivity contribution in [3.63, 3.8) is 0 Å². The topological polar surface area (TPSA) is 78.4 Å². The van der Waals surface area contributed by atoms with Crippen LogP contribution < -0.4 is 10.6 Å². The smallest absolute Gasteiger partial charge is 0.322 e. The number of benzene rings is 1. The Bertz CT molecular complexity index is 509. The van der Waals surface area contributed by atoms with Crippen LogP contribution >= 0.6 is 11.6 Å². The molecule has 0 aliphatic heterocycles. The average molecular weight is 327 g/mol. The number of carboxylic acid groups (broad SMARTS) is 1. The monoisotopic (exact) mass is 326 g/mol. The lowest BCUT2D eigenvalue weighted by Gasteiger charge is -2.19. The molecule has 0 heterocycles. The molecular weight excluding hydrogens is 304 g/mol. The minimum atomic E-state index is -0.995. The van der Waals surface area contributed by atoms with Crippen molar-refractivity contribution in [1.29, 1.82) is 0 Å². The van der Waals surface area contributed by atoms with Gasteiger partial charge in [-0.05, 0) is 23.1 Å². The summed E-state index contributed by atoms with van der Waals surface area (Å²) in [5.74, 6) is -1.14. The normalized spacial score (nSPS) is 12.7. The first-order chi connectivity index (χ1) is 10.2. The fourth-order valence-electron chi connectivity index (χ4n) is 1.85. The lowest BCUT2D eigenvalue weighted by molar-refractivity contribution is -0.139. The number of aliphatic carboxylic acids is 1. The lowest BCUT2D eigenvalue weighted by atomic mass is 9.92. The van der Waals surface area contributed by atoms with Gasteiger partial charge in [-0.2, -0.15) is 0 Å². The van der Waals surface area contributed by atoms with E-state index in [1.807, 2.05) is 32.9 Å². The maximum absolute atomic E-state index is 11.8. The average Bonchev–Trinajstić information content (AvgIpc) is 2.38. The van der Waals surface area contributed by atoms with Gasteiger partial charge in [-0.3, -0.25) is 14.9 Å². The Morgan fingerprint density at radius 1 is 1.23 bits per heavy atom. The summed E-state index contributed by atoms with van der Waals surface area (Å²) in [6, 6.07) is 6.32. The molecule has 0 aliphatic carbocycles. The second-order valence-electron chi connectivity index (χ2n) is 6.44. The molecule has 1 amide bonds. The van der Waals surface area contributed by atoms with E-state index in [9.17, 15) is 14.7 Å². The Hall–Kier alpha value is -1.59. The van der Waals surface area contributed by atoms with Crippen LogP contribution in [-0.4, -0.2) is 29.6 Å². The van der Waals surface area contributed by atoms with E-state index in [1.54, 1.807) is 12.1 Å². The van der Waals surface area contributed by atoms with Crippen molar-refractivity contribution in [2.24, 2.45) is 5.41 Å². The Labute approximate surface area is 136 Å². The van der Waals surface area contributed by atoms with Gasteiger partial charge < -0.3 is 10.4 Å². The van der Waals surface area contributed by atoms with Crippen LogP contribution in [0, 0.1) is 5.41 Å². The predicted octanol–water partition coefficient (Wildman–Crippen LogP) is 2.44. The summed E-state index contributed by atoms with van der Waals surface area (Å²) >= 11 is 5.80. The third kappa shape index (κ3) is 7.43. The van der Waals surface area contributed by atoms with Crippen molar-refractivity contribution in [2.75, 3.05) is 6.54 Å². The molecule has 1 rings (SSSR count). The van der Waals surface area contributed by atoms with Gasteiger partial charge >= 0.3 is 5.97 Å². The van der Waals surface area contributed by atoms with E-state index in [0.29, 0.717) is 18.0 Å². The molecule has 0 aromatic heterocycles. The Kier molecular flexibility index (Phi) is 6.84. The minimum Gasteiger partial charge on any atom is -0.480 e. The van der Waals surface area contributed by atoms with Gasteiger partial charge in [-0.1, -0.05) is 44.5 Å². The van der Waals surface area contributed by atoms with Gasteiger partial charge in [-0.25, -0.2) is 0 Å². The van der Waals surface area contributed by atoms with Gasteiger partial charge in [0.05, 0.1) is 0 Å². The summed E-state index contributed by atoms with van der Waals surface area (Å²) in [6.45, 7) is 6.32. The molecule has 22 heavy (non-hydrogen) atoms. The van der Waals surface area contributed by atoms with Crippen molar-refractivity contribution >= 4 is 23.5 Å². The number of rotatable bonds is 7. The SMILES string of the molecule is CC(C)(C)CC(=O)NC[C@@H](NCc1ccc(Cl)cc1)C(=O)O. The highest BCUT2D eigenvalue weighted by Crippen LogP contribution is 2.17. The standard InChI is InChI=1S/C16H23ClN2O3/c1-16(2,3)8-14(20)19-10-13(15(21)22)18-9-11-4-6-12(17)7-5-11/h4-7,13,18H,8-10H2,1-3H3,(H,19,20)(H,21,22)/t13-/m1/s1. The maximum atomic E-state index is 11.8. The highest BCUT2D eigenvalue weighted by Gasteiger charge is 2.20. The first-order valence-corrected chi connectivity index (χ1v) is 7.52. The van der Waals surface area contributed by atoms with Gasteiger partial charge in [0.15, 0.2) is 0 Å². The van der Waals surface area contributed by atoms with Gasteiger partial charge in [0.25, 0.3) is 0 Å². The summed E-state index contributed by atoms with van der Waals surface area (Å²) in [4.78, 5) is 23.0. The molecule has 0 bridgehead atoms. The molecule has 1 aromatic carbocycles. The summed E-state index contributed by atoms with van der Waals surface area (Å²) < 4.78 is 0. The van der Waals surface area contributed by atoms with Gasteiger partial charge in [0.1, 0.15) is 6.04 Å². The molecule has 6 heteroatoms. The van der Waals surface area contributed by atoms with Crippen molar-refractivity contribution in [2.45, 2.75) is 39.8 Å². The number of carbonyl (C=O) groups is 2. The van der Waals surface area contributed by atoms with E-state index >= 15 is 0 Å². The van der Waals surface area contributed by atoms with Crippen LogP contribution in [0.2, 0.25) is 5.02 Å². The maximum Gasteiger partial charge on any atom is 0.322 e. The zero-order valence-electron chi connectivity index (χ0n) is 13.1. The highest BCUT2D eigenvalue weighted by molar-refractivity contribution is 6.30. The lowest BCUT2D eigenvalue weighted by Crippen LogP contribution is -2.46. The Morgan fingerprint density at radius 3 is 2.32 bits per heavy atom. The molecule has 3 N–H and O–H groups in total. The van der Waals surface area contributed by atoms with Crippen LogP contribution in [0.15, 0.2) is 24.3 Å². The largest absolute Gasteiger partial charge is 0.480 e. The number of halogens is 1. The number of amides is 1. The third-order valence-corrected chi connectivity index (χ3v) is 3.21. The predicted molar refractivity (Wildman–Crippen MR) is 86.8 cm³/mol. The van der Waals surface area contributed by atoms with E-state index in [2.05, 4.69) is 10.6 Å². The van der Waals surface area contributed by atoms with Crippen LogP contribution in [0.25, 0.3) is 0 Å². The molecule has 1 aromatic rings. The quantitative estimate of drug-likeness (QED) is 0.719. The van der Waals surface area contributed by atoms with E-state index in [4.69, 9.17) is 11.6 Å². The Balaban J connectivity index is 2.47. The summed E-state index contributed by atoms with van der Waals surface area (Å²) in [7, 11) is 0. The molecule has 0 saturated carbocycles. The van der Waals surface area contributed by atoms with E-state index in [1.165, 1.54) is 0 Å². The van der Waals surface area contributed by atoms with E-state index < -0.39 is 12.0 Å². The molecule has 1 atom stereocenters. The number of carbonyl (C=O) groups excluding carboxylic acids is 1. The van der Waals surface area contributed by atoms with E-state index in [-0.39, 0.29) is 17.9 Å². The molecule has 0 saturated heterocycles. The second kappa shape index (κ2) is 8.15. The summed E-state index contributed by atoms with van der Waals surface area (Å²) in [6.07, 6.45) is 0.358. The van der Waals surface area contributed by atoms with Crippen LogP contribution in [0.5, 0.6) is 0 Å². The molecule has 0 spiro atoms. The first kappa shape index (κ1) is 18.5. The van der Waals surface area contributed by atoms with Crippen LogP contribution in [-0.2, 0) is 16.1 Å². The third-order valence-electron chi connectivity index (χ3n) is 2.96. The molecule has 122 valence electrons. The van der Waals surface area contributed by atoms with Gasteiger partial charge in [-0.15, -0.1) is 0 Å². The fourth-order valence-corrected chi connectivity index (χ4v) is 1.98. The molecule has 5 nitrogen and oxygen atoms in total. The van der Waals surface area contributed by atoms with Crippen molar-refractivity contribution in [3.05, 3.63) is 34.9 Å². The van der Waals surface area contributed by atoms with Crippen molar-refractivity contribution < 1.29 is 14.7 Å². The zero-order chi connectivity index (χ0) is 16.8. The minimum absolute atomic E-state index is 0.0534. The number of hydrogen-bond donors (Lipinski definition) is 3. The van der Waals surface area contributed by atoms with Crippen LogP contribution in [0.1, 0.15) is 32.8 Å². The number of nitrogens with one attached hydrogen (secondary N) is 2. The van der Waals surface area contributed by atoms with E-state index in [0.717, 1.165) is 5.56 Å². The Morgan fingerprint density at radius 2 is 1.82 bits per heavy atom. The number of carboxylic acids is 1. The molecule has 0 fully saturated rings. The van der Waals surface area contributed by atoms with Gasteiger partial charge in [0.2, 0.25) is 5.91 Å². The van der Waals surface area contributed by atoms with Crippen molar-refractivity contribution in [3.8, 4) is 0 Å². The highest BCUT2D eigenvalue weighted by atomic mass is 35.5. The molecule has 0 unspecified atom stereocenters. The zero-order valence-corrected chi connectivity index (χ0v) is 13.9. The number of hydrogen-bond acceptors (Lipinski definition) is 3.